The van der Waals surface area contributed by atoms with E-state index in [1.165, 1.54) is 5.56 Å². The zero-order valence-electron chi connectivity index (χ0n) is 9.47. The molecule has 86 valence electrons. The molecule has 2 nitrogen and oxygen atoms in total. The predicted octanol–water partition coefficient (Wildman–Crippen LogP) is 3.11. The summed E-state index contributed by atoms with van der Waals surface area (Å²) in [7, 11) is 0. The summed E-state index contributed by atoms with van der Waals surface area (Å²) in [6, 6.07) is 15.7. The molecule has 1 aliphatic rings. The number of phenolic OH excluding ortho intramolecular Hbond substituents is 1. The van der Waals surface area contributed by atoms with Crippen LogP contribution in [0.5, 0.6) is 11.5 Å². The van der Waals surface area contributed by atoms with Gasteiger partial charge in [-0.05, 0) is 35.7 Å². The van der Waals surface area contributed by atoms with Gasteiger partial charge in [-0.1, -0.05) is 30.3 Å². The molecule has 2 heteroatoms. The number of hydrogen-bond acceptors (Lipinski definition) is 2. The van der Waals surface area contributed by atoms with Crippen LogP contribution < -0.4 is 4.74 Å². The third kappa shape index (κ3) is 1.98. The van der Waals surface area contributed by atoms with Gasteiger partial charge in [-0.25, -0.2) is 0 Å². The van der Waals surface area contributed by atoms with Gasteiger partial charge in [0.1, 0.15) is 11.5 Å². The first kappa shape index (κ1) is 10.2. The van der Waals surface area contributed by atoms with Crippen LogP contribution in [0.2, 0.25) is 0 Å². The van der Waals surface area contributed by atoms with Crippen molar-refractivity contribution < 1.29 is 9.84 Å². The maximum absolute atomic E-state index is 9.49. The van der Waals surface area contributed by atoms with Crippen LogP contribution in [0.3, 0.4) is 0 Å². The Morgan fingerprint density at radius 2 is 1.88 bits per heavy atom. The molecule has 1 unspecified atom stereocenters. The third-order valence-corrected chi connectivity index (χ3v) is 3.22. The van der Waals surface area contributed by atoms with E-state index in [4.69, 9.17) is 4.74 Å². The molecule has 0 aromatic heterocycles. The molecule has 1 heterocycles. The number of benzene rings is 2. The summed E-state index contributed by atoms with van der Waals surface area (Å²) in [5, 5.41) is 9.49. The number of hydrogen-bond donors (Lipinski definition) is 1. The Labute approximate surface area is 100 Å². The molecule has 1 aliphatic heterocycles. The van der Waals surface area contributed by atoms with Crippen molar-refractivity contribution in [1.29, 1.82) is 0 Å². The Hall–Kier alpha value is -1.96. The van der Waals surface area contributed by atoms with Crippen molar-refractivity contribution in [2.24, 2.45) is 0 Å². The van der Waals surface area contributed by atoms with Gasteiger partial charge in [0.2, 0.25) is 0 Å². The molecular weight excluding hydrogens is 212 g/mol. The highest BCUT2D eigenvalue weighted by Gasteiger charge is 2.21. The predicted molar refractivity (Wildman–Crippen MR) is 66.5 cm³/mol. The van der Waals surface area contributed by atoms with Gasteiger partial charge >= 0.3 is 0 Å². The van der Waals surface area contributed by atoms with Gasteiger partial charge in [0.05, 0.1) is 6.61 Å². The molecule has 2 aromatic carbocycles. The molecule has 17 heavy (non-hydrogen) atoms. The van der Waals surface area contributed by atoms with Crippen LogP contribution in [0.25, 0.3) is 0 Å². The van der Waals surface area contributed by atoms with E-state index in [9.17, 15) is 5.11 Å². The average Bonchev–Trinajstić information content (AvgIpc) is 2.39. The molecule has 1 atom stereocenters. The van der Waals surface area contributed by atoms with E-state index in [2.05, 4.69) is 12.1 Å². The van der Waals surface area contributed by atoms with E-state index < -0.39 is 0 Å². The first-order chi connectivity index (χ1) is 8.33. The molecule has 0 fully saturated rings. The maximum atomic E-state index is 9.49. The van der Waals surface area contributed by atoms with Crippen LogP contribution in [0.15, 0.2) is 48.5 Å². The molecule has 2 aromatic rings. The van der Waals surface area contributed by atoms with Gasteiger partial charge in [0.15, 0.2) is 0 Å². The van der Waals surface area contributed by atoms with Crippen LogP contribution >= 0.6 is 0 Å². The van der Waals surface area contributed by atoms with Gasteiger partial charge < -0.3 is 9.84 Å². The van der Waals surface area contributed by atoms with Crippen LogP contribution in [-0.4, -0.2) is 11.7 Å². The minimum absolute atomic E-state index is 0.307. The van der Waals surface area contributed by atoms with Crippen LogP contribution in [0.4, 0.5) is 0 Å². The van der Waals surface area contributed by atoms with Gasteiger partial charge in [0.25, 0.3) is 0 Å². The van der Waals surface area contributed by atoms with Crippen LogP contribution in [-0.2, 0) is 6.42 Å². The smallest absolute Gasteiger partial charge is 0.122 e. The van der Waals surface area contributed by atoms with Crippen molar-refractivity contribution in [2.75, 3.05) is 6.61 Å². The largest absolute Gasteiger partial charge is 0.508 e. The average molecular weight is 226 g/mol. The fourth-order valence-corrected chi connectivity index (χ4v) is 2.32. The van der Waals surface area contributed by atoms with E-state index in [1.807, 2.05) is 24.3 Å². The number of ether oxygens (including phenoxy) is 1. The molecule has 0 aliphatic carbocycles. The SMILES string of the molecule is Oc1ccc2c(c1)CC(c1ccccc1)CO2. The van der Waals surface area contributed by atoms with Crippen molar-refractivity contribution in [3.05, 3.63) is 59.7 Å². The Kier molecular flexibility index (Phi) is 2.48. The summed E-state index contributed by atoms with van der Waals surface area (Å²) in [6.45, 7) is 0.710. The second-order valence-electron chi connectivity index (χ2n) is 4.41. The first-order valence-corrected chi connectivity index (χ1v) is 5.82. The van der Waals surface area contributed by atoms with Crippen molar-refractivity contribution in [3.8, 4) is 11.5 Å². The minimum atomic E-state index is 0.307. The summed E-state index contributed by atoms with van der Waals surface area (Å²) in [5.41, 5.74) is 2.38. The van der Waals surface area contributed by atoms with Gasteiger partial charge in [-0.15, -0.1) is 0 Å². The molecule has 3 rings (SSSR count). The Balaban J connectivity index is 1.90. The van der Waals surface area contributed by atoms with Gasteiger partial charge in [0, 0.05) is 5.92 Å². The Morgan fingerprint density at radius 1 is 1.06 bits per heavy atom. The monoisotopic (exact) mass is 226 g/mol. The summed E-state index contributed by atoms with van der Waals surface area (Å²) >= 11 is 0. The second-order valence-corrected chi connectivity index (χ2v) is 4.41. The highest BCUT2D eigenvalue weighted by Crippen LogP contribution is 2.34. The number of phenols is 1. The zero-order chi connectivity index (χ0) is 11.7. The van der Waals surface area contributed by atoms with Gasteiger partial charge in [-0.2, -0.15) is 0 Å². The van der Waals surface area contributed by atoms with E-state index in [0.717, 1.165) is 17.7 Å². The molecule has 0 bridgehead atoms. The van der Waals surface area contributed by atoms with E-state index in [-0.39, 0.29) is 0 Å². The number of aromatic hydroxyl groups is 1. The summed E-state index contributed by atoms with van der Waals surface area (Å²) in [4.78, 5) is 0. The summed E-state index contributed by atoms with van der Waals surface area (Å²) in [5.74, 6) is 1.58. The lowest BCUT2D eigenvalue weighted by molar-refractivity contribution is 0.262. The van der Waals surface area contributed by atoms with Crippen LogP contribution in [0, 0.1) is 0 Å². The van der Waals surface area contributed by atoms with Crippen molar-refractivity contribution in [2.45, 2.75) is 12.3 Å². The lowest BCUT2D eigenvalue weighted by Crippen LogP contribution is -2.18. The molecule has 1 N–H and O–H groups in total. The number of rotatable bonds is 1. The lowest BCUT2D eigenvalue weighted by atomic mass is 9.90. The quantitative estimate of drug-likeness (QED) is 0.809. The number of fused-ring (bicyclic) bond motifs is 1. The molecule has 0 saturated carbocycles. The maximum Gasteiger partial charge on any atom is 0.122 e. The van der Waals surface area contributed by atoms with Gasteiger partial charge in [-0.3, -0.25) is 0 Å². The topological polar surface area (TPSA) is 29.5 Å². The van der Waals surface area contributed by atoms with Crippen LogP contribution in [0.1, 0.15) is 17.0 Å². The third-order valence-electron chi connectivity index (χ3n) is 3.22. The molecule has 0 amide bonds. The Bertz CT molecular complexity index is 520. The molecule has 0 spiro atoms. The normalized spacial score (nSPS) is 18.2. The molecular formula is C15H14O2. The molecule has 0 radical (unpaired) electrons. The lowest BCUT2D eigenvalue weighted by Gasteiger charge is -2.25. The fraction of sp³-hybridized carbons (Fsp3) is 0.200. The molecule has 0 saturated heterocycles. The van der Waals surface area contributed by atoms with E-state index in [1.54, 1.807) is 12.1 Å². The van der Waals surface area contributed by atoms with Crippen molar-refractivity contribution in [3.63, 3.8) is 0 Å². The highest BCUT2D eigenvalue weighted by molar-refractivity contribution is 5.42. The van der Waals surface area contributed by atoms with E-state index in [0.29, 0.717) is 18.3 Å². The minimum Gasteiger partial charge on any atom is -0.508 e. The highest BCUT2D eigenvalue weighted by atomic mass is 16.5. The Morgan fingerprint density at radius 3 is 2.71 bits per heavy atom. The van der Waals surface area contributed by atoms with Crippen molar-refractivity contribution in [1.82, 2.24) is 0 Å². The first-order valence-electron chi connectivity index (χ1n) is 5.82. The second kappa shape index (κ2) is 4.13. The zero-order valence-corrected chi connectivity index (χ0v) is 9.47. The summed E-state index contributed by atoms with van der Waals surface area (Å²) in [6.07, 6.45) is 0.924. The van der Waals surface area contributed by atoms with Crippen molar-refractivity contribution >= 4 is 0 Å². The fourth-order valence-electron chi connectivity index (χ4n) is 2.32. The van der Waals surface area contributed by atoms with E-state index >= 15 is 0 Å². The summed E-state index contributed by atoms with van der Waals surface area (Å²) < 4.78 is 5.73. The standard InChI is InChI=1S/C15H14O2/c16-14-6-7-15-12(9-14)8-13(10-17-15)11-4-2-1-3-5-11/h1-7,9,13,16H,8,10H2.